The highest BCUT2D eigenvalue weighted by Crippen LogP contribution is 2.26. The van der Waals surface area contributed by atoms with Crippen LogP contribution >= 0.6 is 11.6 Å². The molecule has 90 valence electrons. The second kappa shape index (κ2) is 6.02. The molecule has 1 aromatic carbocycles. The summed E-state index contributed by atoms with van der Waals surface area (Å²) in [7, 11) is 0. The molecule has 1 N–H and O–H groups in total. The standard InChI is InChI=1S/C13H16ClN3/c14-12-3-1-2-11(10-12)13(4-5-15)17-8-6-16-7-9-17/h1-3,10,13,16H,4,6-9H2/t13-/m0/s1. The molecule has 1 atom stereocenters. The fourth-order valence-corrected chi connectivity index (χ4v) is 2.45. The molecule has 0 aliphatic carbocycles. The van der Waals surface area contributed by atoms with Crippen molar-refractivity contribution in [2.24, 2.45) is 0 Å². The van der Waals surface area contributed by atoms with E-state index in [1.807, 2.05) is 18.2 Å². The van der Waals surface area contributed by atoms with Crippen LogP contribution in [0.15, 0.2) is 24.3 Å². The second-order valence-corrected chi connectivity index (χ2v) is 4.66. The summed E-state index contributed by atoms with van der Waals surface area (Å²) in [6.07, 6.45) is 0.514. The number of piperazine rings is 1. The van der Waals surface area contributed by atoms with Gasteiger partial charge in [0.2, 0.25) is 0 Å². The summed E-state index contributed by atoms with van der Waals surface area (Å²) in [6, 6.07) is 10.3. The summed E-state index contributed by atoms with van der Waals surface area (Å²) in [5, 5.41) is 13.0. The van der Waals surface area contributed by atoms with Crippen LogP contribution in [-0.4, -0.2) is 31.1 Å². The molecule has 0 spiro atoms. The lowest BCUT2D eigenvalue weighted by Gasteiger charge is -2.34. The number of hydrogen-bond donors (Lipinski definition) is 1. The molecule has 0 saturated carbocycles. The van der Waals surface area contributed by atoms with Crippen molar-refractivity contribution < 1.29 is 0 Å². The first-order valence-electron chi connectivity index (χ1n) is 5.88. The molecule has 1 fully saturated rings. The second-order valence-electron chi connectivity index (χ2n) is 4.22. The minimum absolute atomic E-state index is 0.167. The predicted molar refractivity (Wildman–Crippen MR) is 68.9 cm³/mol. The molecule has 1 aliphatic heterocycles. The Morgan fingerprint density at radius 2 is 2.18 bits per heavy atom. The van der Waals surface area contributed by atoms with Gasteiger partial charge in [0.1, 0.15) is 0 Å². The lowest BCUT2D eigenvalue weighted by Crippen LogP contribution is -2.45. The van der Waals surface area contributed by atoms with E-state index in [2.05, 4.69) is 22.4 Å². The lowest BCUT2D eigenvalue weighted by molar-refractivity contribution is 0.175. The highest BCUT2D eigenvalue weighted by Gasteiger charge is 2.21. The smallest absolute Gasteiger partial charge is 0.0641 e. The van der Waals surface area contributed by atoms with E-state index < -0.39 is 0 Å². The maximum Gasteiger partial charge on any atom is 0.0641 e. The number of nitrogens with one attached hydrogen (secondary N) is 1. The van der Waals surface area contributed by atoms with Gasteiger partial charge in [-0.3, -0.25) is 4.90 Å². The third-order valence-electron chi connectivity index (χ3n) is 3.11. The van der Waals surface area contributed by atoms with Gasteiger partial charge in [-0.05, 0) is 17.7 Å². The van der Waals surface area contributed by atoms with Crippen molar-refractivity contribution in [3.8, 4) is 6.07 Å². The zero-order chi connectivity index (χ0) is 12.1. The molecule has 1 heterocycles. The van der Waals surface area contributed by atoms with Crippen molar-refractivity contribution in [1.29, 1.82) is 5.26 Å². The summed E-state index contributed by atoms with van der Waals surface area (Å²) < 4.78 is 0. The Labute approximate surface area is 107 Å². The maximum absolute atomic E-state index is 8.97. The fourth-order valence-electron chi connectivity index (χ4n) is 2.25. The average Bonchev–Trinajstić information content (AvgIpc) is 2.37. The summed E-state index contributed by atoms with van der Waals surface area (Å²) in [4.78, 5) is 2.35. The van der Waals surface area contributed by atoms with Crippen LogP contribution in [0.3, 0.4) is 0 Å². The van der Waals surface area contributed by atoms with E-state index in [4.69, 9.17) is 16.9 Å². The summed E-state index contributed by atoms with van der Waals surface area (Å²) in [5.41, 5.74) is 1.14. The lowest BCUT2D eigenvalue weighted by atomic mass is 10.0. The molecule has 2 rings (SSSR count). The molecule has 0 amide bonds. The number of rotatable bonds is 3. The zero-order valence-corrected chi connectivity index (χ0v) is 10.5. The van der Waals surface area contributed by atoms with Gasteiger partial charge in [-0.2, -0.15) is 5.26 Å². The van der Waals surface area contributed by atoms with Gasteiger partial charge in [0, 0.05) is 37.2 Å². The minimum atomic E-state index is 0.167. The highest BCUT2D eigenvalue weighted by atomic mass is 35.5. The molecule has 1 aliphatic rings. The van der Waals surface area contributed by atoms with Crippen molar-refractivity contribution in [2.45, 2.75) is 12.5 Å². The van der Waals surface area contributed by atoms with E-state index >= 15 is 0 Å². The highest BCUT2D eigenvalue weighted by molar-refractivity contribution is 6.30. The van der Waals surface area contributed by atoms with E-state index in [1.165, 1.54) is 0 Å². The van der Waals surface area contributed by atoms with E-state index in [1.54, 1.807) is 0 Å². The van der Waals surface area contributed by atoms with Gasteiger partial charge >= 0.3 is 0 Å². The Kier molecular flexibility index (Phi) is 4.38. The molecule has 0 bridgehead atoms. The van der Waals surface area contributed by atoms with Crippen molar-refractivity contribution in [2.75, 3.05) is 26.2 Å². The van der Waals surface area contributed by atoms with Gasteiger partial charge in [-0.25, -0.2) is 0 Å². The van der Waals surface area contributed by atoms with Gasteiger partial charge in [0.15, 0.2) is 0 Å². The molecule has 3 nitrogen and oxygen atoms in total. The summed E-state index contributed by atoms with van der Waals surface area (Å²) in [5.74, 6) is 0. The van der Waals surface area contributed by atoms with Gasteiger partial charge < -0.3 is 5.32 Å². The van der Waals surface area contributed by atoms with Crippen molar-refractivity contribution in [1.82, 2.24) is 10.2 Å². The number of halogens is 1. The Balaban J connectivity index is 2.19. The van der Waals surface area contributed by atoms with Gasteiger partial charge in [0.25, 0.3) is 0 Å². The average molecular weight is 250 g/mol. The van der Waals surface area contributed by atoms with Gasteiger partial charge in [0.05, 0.1) is 12.5 Å². The Morgan fingerprint density at radius 3 is 2.82 bits per heavy atom. The summed E-state index contributed by atoms with van der Waals surface area (Å²) >= 11 is 6.01. The normalized spacial score (nSPS) is 18.6. The largest absolute Gasteiger partial charge is 0.314 e. The van der Waals surface area contributed by atoms with E-state index in [-0.39, 0.29) is 6.04 Å². The predicted octanol–water partition coefficient (Wildman–Crippen LogP) is 2.20. The van der Waals surface area contributed by atoms with Crippen LogP contribution in [0.25, 0.3) is 0 Å². The molecular weight excluding hydrogens is 234 g/mol. The molecule has 0 radical (unpaired) electrons. The maximum atomic E-state index is 8.97. The van der Waals surface area contributed by atoms with E-state index in [0.29, 0.717) is 6.42 Å². The molecule has 17 heavy (non-hydrogen) atoms. The number of hydrogen-bond acceptors (Lipinski definition) is 3. The van der Waals surface area contributed by atoms with Crippen LogP contribution in [0, 0.1) is 11.3 Å². The fraction of sp³-hybridized carbons (Fsp3) is 0.462. The first-order valence-corrected chi connectivity index (χ1v) is 6.26. The SMILES string of the molecule is N#CC[C@@H](c1cccc(Cl)c1)N1CCNCC1. The number of benzene rings is 1. The van der Waals surface area contributed by atoms with Crippen LogP contribution < -0.4 is 5.32 Å². The van der Waals surface area contributed by atoms with Crippen molar-refractivity contribution in [3.05, 3.63) is 34.9 Å². The topological polar surface area (TPSA) is 39.1 Å². The van der Waals surface area contributed by atoms with E-state index in [9.17, 15) is 0 Å². The number of nitriles is 1. The van der Waals surface area contributed by atoms with Gasteiger partial charge in [-0.1, -0.05) is 23.7 Å². The van der Waals surface area contributed by atoms with Crippen LogP contribution in [0.2, 0.25) is 5.02 Å². The van der Waals surface area contributed by atoms with E-state index in [0.717, 1.165) is 36.8 Å². The molecule has 1 saturated heterocycles. The Bertz CT molecular complexity index is 407. The third-order valence-corrected chi connectivity index (χ3v) is 3.35. The molecular formula is C13H16ClN3. The zero-order valence-electron chi connectivity index (χ0n) is 9.69. The summed E-state index contributed by atoms with van der Waals surface area (Å²) in [6.45, 7) is 3.95. The van der Waals surface area contributed by atoms with Crippen molar-refractivity contribution >= 4 is 11.6 Å². The quantitative estimate of drug-likeness (QED) is 0.893. The molecule has 1 aromatic rings. The van der Waals surface area contributed by atoms with Crippen LogP contribution in [0.4, 0.5) is 0 Å². The Hall–Kier alpha value is -1.08. The molecule has 0 aromatic heterocycles. The monoisotopic (exact) mass is 249 g/mol. The first-order chi connectivity index (χ1) is 8.31. The van der Waals surface area contributed by atoms with Gasteiger partial charge in [-0.15, -0.1) is 0 Å². The van der Waals surface area contributed by atoms with Crippen LogP contribution in [-0.2, 0) is 0 Å². The van der Waals surface area contributed by atoms with Crippen LogP contribution in [0.5, 0.6) is 0 Å². The Morgan fingerprint density at radius 1 is 1.41 bits per heavy atom. The molecule has 4 heteroatoms. The van der Waals surface area contributed by atoms with Crippen LogP contribution in [0.1, 0.15) is 18.0 Å². The third kappa shape index (κ3) is 3.19. The number of nitrogens with zero attached hydrogens (tertiary/aromatic N) is 2. The minimum Gasteiger partial charge on any atom is -0.314 e. The first kappa shape index (κ1) is 12.4. The molecule has 0 unspecified atom stereocenters. The van der Waals surface area contributed by atoms with Crippen molar-refractivity contribution in [3.63, 3.8) is 0 Å².